The molecule has 0 aromatic heterocycles. The molecule has 1 heterocycles. The first-order valence-corrected chi connectivity index (χ1v) is 5.51. The average Bonchev–Trinajstić information content (AvgIpc) is 2.71. The van der Waals surface area contributed by atoms with Crippen molar-refractivity contribution in [2.24, 2.45) is 5.73 Å². The lowest BCUT2D eigenvalue weighted by molar-refractivity contribution is 0.156. The fourth-order valence-corrected chi connectivity index (χ4v) is 1.81. The van der Waals surface area contributed by atoms with Crippen LogP contribution in [-0.2, 0) is 11.3 Å². The lowest BCUT2D eigenvalue weighted by atomic mass is 10.2. The zero-order chi connectivity index (χ0) is 12.3. The fraction of sp³-hybridized carbons (Fsp3) is 0.417. The van der Waals surface area contributed by atoms with Crippen LogP contribution >= 0.6 is 0 Å². The van der Waals surface area contributed by atoms with Crippen LogP contribution in [0.4, 0.5) is 4.79 Å². The predicted octanol–water partition coefficient (Wildman–Crippen LogP) is 0.975. The maximum Gasteiger partial charge on any atom is 0.410 e. The Hall–Kier alpha value is -1.75. The molecule has 1 atom stereocenters. The molecule has 1 aliphatic rings. The number of carbonyl (C=O) groups is 1. The Morgan fingerprint density at radius 1 is 1.47 bits per heavy atom. The van der Waals surface area contributed by atoms with Crippen LogP contribution in [0.5, 0.6) is 5.75 Å². The van der Waals surface area contributed by atoms with E-state index in [1.54, 1.807) is 12.0 Å². The van der Waals surface area contributed by atoms with Gasteiger partial charge in [-0.2, -0.15) is 0 Å². The highest BCUT2D eigenvalue weighted by Crippen LogP contribution is 2.18. The van der Waals surface area contributed by atoms with Crippen molar-refractivity contribution >= 4 is 6.09 Å². The van der Waals surface area contributed by atoms with Crippen molar-refractivity contribution in [1.82, 2.24) is 4.90 Å². The van der Waals surface area contributed by atoms with Crippen molar-refractivity contribution in [3.63, 3.8) is 0 Å². The molecule has 1 fully saturated rings. The monoisotopic (exact) mass is 236 g/mol. The molecule has 17 heavy (non-hydrogen) atoms. The van der Waals surface area contributed by atoms with E-state index in [1.807, 2.05) is 24.3 Å². The second-order valence-electron chi connectivity index (χ2n) is 3.94. The SMILES string of the molecule is COc1ccc(CN2C(=O)OCC2CN)cc1. The van der Waals surface area contributed by atoms with Crippen molar-refractivity contribution in [2.75, 3.05) is 20.3 Å². The van der Waals surface area contributed by atoms with Crippen molar-refractivity contribution in [1.29, 1.82) is 0 Å². The number of ether oxygens (including phenoxy) is 2. The van der Waals surface area contributed by atoms with Crippen LogP contribution in [0.1, 0.15) is 5.56 Å². The summed E-state index contributed by atoms with van der Waals surface area (Å²) in [6.07, 6.45) is -0.295. The van der Waals surface area contributed by atoms with Gasteiger partial charge in [0.15, 0.2) is 0 Å². The van der Waals surface area contributed by atoms with Gasteiger partial charge in [-0.1, -0.05) is 12.1 Å². The maximum absolute atomic E-state index is 11.5. The number of benzene rings is 1. The number of cyclic esters (lactones) is 1. The highest BCUT2D eigenvalue weighted by atomic mass is 16.6. The number of nitrogens with zero attached hydrogens (tertiary/aromatic N) is 1. The van der Waals surface area contributed by atoms with E-state index >= 15 is 0 Å². The van der Waals surface area contributed by atoms with E-state index in [0.717, 1.165) is 11.3 Å². The van der Waals surface area contributed by atoms with Gasteiger partial charge in [0.1, 0.15) is 12.4 Å². The Balaban J connectivity index is 2.06. The fourth-order valence-electron chi connectivity index (χ4n) is 1.81. The number of nitrogens with two attached hydrogens (primary N) is 1. The van der Waals surface area contributed by atoms with Crippen LogP contribution in [0.2, 0.25) is 0 Å². The summed E-state index contributed by atoms with van der Waals surface area (Å²) in [5.41, 5.74) is 6.62. The van der Waals surface area contributed by atoms with Gasteiger partial charge >= 0.3 is 6.09 Å². The molecule has 0 bridgehead atoms. The Kier molecular flexibility index (Phi) is 3.49. The zero-order valence-electron chi connectivity index (χ0n) is 9.76. The number of methoxy groups -OCH3 is 1. The molecule has 5 nitrogen and oxygen atoms in total. The van der Waals surface area contributed by atoms with Crippen LogP contribution in [0.25, 0.3) is 0 Å². The molecule has 0 aliphatic carbocycles. The minimum atomic E-state index is -0.295. The van der Waals surface area contributed by atoms with E-state index in [-0.39, 0.29) is 12.1 Å². The molecule has 1 aromatic carbocycles. The Morgan fingerprint density at radius 2 is 2.18 bits per heavy atom. The number of hydrogen-bond acceptors (Lipinski definition) is 4. The van der Waals surface area contributed by atoms with Crippen molar-refractivity contribution in [2.45, 2.75) is 12.6 Å². The number of hydrogen-bond donors (Lipinski definition) is 1. The normalized spacial score (nSPS) is 19.3. The molecular weight excluding hydrogens is 220 g/mol. The summed E-state index contributed by atoms with van der Waals surface area (Å²) in [5, 5.41) is 0. The molecule has 0 radical (unpaired) electrons. The van der Waals surface area contributed by atoms with E-state index in [0.29, 0.717) is 19.7 Å². The number of amides is 1. The summed E-state index contributed by atoms with van der Waals surface area (Å²) >= 11 is 0. The van der Waals surface area contributed by atoms with Gasteiger partial charge in [0.2, 0.25) is 0 Å². The molecule has 92 valence electrons. The Labute approximate surface area is 100 Å². The molecule has 0 spiro atoms. The van der Waals surface area contributed by atoms with Crippen LogP contribution in [-0.4, -0.2) is 37.3 Å². The van der Waals surface area contributed by atoms with Gasteiger partial charge in [-0.15, -0.1) is 0 Å². The van der Waals surface area contributed by atoms with Gasteiger partial charge in [-0.25, -0.2) is 4.79 Å². The van der Waals surface area contributed by atoms with E-state index < -0.39 is 0 Å². The first-order valence-electron chi connectivity index (χ1n) is 5.51. The van der Waals surface area contributed by atoms with E-state index in [1.165, 1.54) is 0 Å². The summed E-state index contributed by atoms with van der Waals surface area (Å²) in [6.45, 7) is 1.32. The summed E-state index contributed by atoms with van der Waals surface area (Å²) in [5.74, 6) is 0.799. The number of carbonyl (C=O) groups excluding carboxylic acids is 1. The highest BCUT2D eigenvalue weighted by molar-refractivity contribution is 5.70. The third-order valence-electron chi connectivity index (χ3n) is 2.86. The van der Waals surface area contributed by atoms with Crippen molar-refractivity contribution in [3.05, 3.63) is 29.8 Å². The zero-order valence-corrected chi connectivity index (χ0v) is 9.76. The van der Waals surface area contributed by atoms with Gasteiger partial charge in [-0.05, 0) is 17.7 Å². The summed E-state index contributed by atoms with van der Waals surface area (Å²) in [6, 6.07) is 7.57. The van der Waals surface area contributed by atoms with E-state index in [9.17, 15) is 4.79 Å². The average molecular weight is 236 g/mol. The summed E-state index contributed by atoms with van der Waals surface area (Å²) < 4.78 is 10.0. The second-order valence-corrected chi connectivity index (χ2v) is 3.94. The second kappa shape index (κ2) is 5.05. The lowest BCUT2D eigenvalue weighted by Crippen LogP contribution is -2.38. The molecule has 5 heteroatoms. The van der Waals surface area contributed by atoms with Crippen LogP contribution in [0.15, 0.2) is 24.3 Å². The minimum absolute atomic E-state index is 0.0235. The minimum Gasteiger partial charge on any atom is -0.497 e. The van der Waals surface area contributed by atoms with Gasteiger partial charge in [-0.3, -0.25) is 4.90 Å². The molecule has 2 N–H and O–H groups in total. The number of rotatable bonds is 4. The molecule has 1 unspecified atom stereocenters. The van der Waals surface area contributed by atoms with Crippen LogP contribution in [0, 0.1) is 0 Å². The summed E-state index contributed by atoms with van der Waals surface area (Å²) in [7, 11) is 1.62. The molecule has 1 aliphatic heterocycles. The van der Waals surface area contributed by atoms with E-state index in [4.69, 9.17) is 15.2 Å². The standard InChI is InChI=1S/C12H16N2O3/c1-16-11-4-2-9(3-5-11)7-14-10(6-13)8-17-12(14)15/h2-5,10H,6-8,13H2,1H3. The molecule has 1 aromatic rings. The molecule has 0 saturated carbocycles. The van der Waals surface area contributed by atoms with Crippen LogP contribution < -0.4 is 10.5 Å². The first-order chi connectivity index (χ1) is 8.24. The Bertz CT molecular complexity index is 391. The van der Waals surface area contributed by atoms with E-state index in [2.05, 4.69) is 0 Å². The van der Waals surface area contributed by atoms with Crippen molar-refractivity contribution in [3.8, 4) is 5.75 Å². The highest BCUT2D eigenvalue weighted by Gasteiger charge is 2.31. The lowest BCUT2D eigenvalue weighted by Gasteiger charge is -2.19. The predicted molar refractivity (Wildman–Crippen MR) is 62.7 cm³/mol. The quantitative estimate of drug-likeness (QED) is 0.846. The molecule has 1 amide bonds. The largest absolute Gasteiger partial charge is 0.497 e. The summed E-state index contributed by atoms with van der Waals surface area (Å²) in [4.78, 5) is 13.1. The maximum atomic E-state index is 11.5. The van der Waals surface area contributed by atoms with Crippen molar-refractivity contribution < 1.29 is 14.3 Å². The third kappa shape index (κ3) is 2.50. The van der Waals surface area contributed by atoms with Gasteiger partial charge in [0, 0.05) is 13.1 Å². The Morgan fingerprint density at radius 3 is 2.76 bits per heavy atom. The van der Waals surface area contributed by atoms with Gasteiger partial charge in [0.25, 0.3) is 0 Å². The van der Waals surface area contributed by atoms with Crippen LogP contribution in [0.3, 0.4) is 0 Å². The van der Waals surface area contributed by atoms with Gasteiger partial charge in [0.05, 0.1) is 13.2 Å². The van der Waals surface area contributed by atoms with Gasteiger partial charge < -0.3 is 15.2 Å². The topological polar surface area (TPSA) is 64.8 Å². The molecule has 2 rings (SSSR count). The first kappa shape index (κ1) is 11.7. The smallest absolute Gasteiger partial charge is 0.410 e. The molecular formula is C12H16N2O3. The molecule has 1 saturated heterocycles. The third-order valence-corrected chi connectivity index (χ3v) is 2.86.